The van der Waals surface area contributed by atoms with Crippen LogP contribution in [0.2, 0.25) is 0 Å². The number of pyridine rings is 1. The van der Waals surface area contributed by atoms with Crippen LogP contribution >= 0.6 is 0 Å². The molecule has 0 aromatic carbocycles. The van der Waals surface area contributed by atoms with E-state index in [1.807, 2.05) is 39.6 Å². The molecule has 4 heterocycles. The number of nitrogens with zero attached hydrogens (tertiary/aromatic N) is 5. The number of hydrogen-bond acceptors (Lipinski definition) is 7. The molecule has 0 atom stereocenters. The maximum Gasteiger partial charge on any atom is 0.244 e. The van der Waals surface area contributed by atoms with E-state index in [-0.39, 0.29) is 0 Å². The molecule has 0 spiro atoms. The van der Waals surface area contributed by atoms with Crippen LogP contribution in [-0.2, 0) is 9.47 Å². The summed E-state index contributed by atoms with van der Waals surface area (Å²) in [5.41, 5.74) is 3.96. The lowest BCUT2D eigenvalue weighted by molar-refractivity contribution is -0.00158. The second-order valence-corrected chi connectivity index (χ2v) is 8.06. The van der Waals surface area contributed by atoms with Crippen molar-refractivity contribution in [3.05, 3.63) is 42.9 Å². The van der Waals surface area contributed by atoms with Crippen molar-refractivity contribution < 1.29 is 14.2 Å². The second-order valence-electron chi connectivity index (χ2n) is 8.06. The van der Waals surface area contributed by atoms with Crippen LogP contribution in [0.5, 0.6) is 5.88 Å². The summed E-state index contributed by atoms with van der Waals surface area (Å²) in [5.74, 6) is 1.12. The van der Waals surface area contributed by atoms with Crippen LogP contribution in [0.25, 0.3) is 22.2 Å². The molecule has 0 bridgehead atoms. The average Bonchev–Trinajstić information content (AvgIpc) is 3.46. The third-order valence-corrected chi connectivity index (χ3v) is 6.03. The summed E-state index contributed by atoms with van der Waals surface area (Å²) >= 11 is 0. The Morgan fingerprint density at radius 3 is 2.69 bits per heavy atom. The van der Waals surface area contributed by atoms with Crippen molar-refractivity contribution in [2.75, 3.05) is 32.8 Å². The highest BCUT2D eigenvalue weighted by atomic mass is 16.5. The number of aromatic nitrogens is 5. The van der Waals surface area contributed by atoms with Crippen LogP contribution in [0.3, 0.4) is 0 Å². The van der Waals surface area contributed by atoms with Crippen molar-refractivity contribution in [2.24, 2.45) is 0 Å². The molecular formula is C23H28N6O3. The van der Waals surface area contributed by atoms with E-state index >= 15 is 0 Å². The van der Waals surface area contributed by atoms with Gasteiger partial charge in [-0.15, -0.1) is 5.10 Å². The molecule has 1 N–H and O–H groups in total. The molecule has 4 aromatic rings. The summed E-state index contributed by atoms with van der Waals surface area (Å²) in [6.45, 7) is 1.29. The minimum absolute atomic E-state index is 0.307. The van der Waals surface area contributed by atoms with E-state index in [2.05, 4.69) is 21.5 Å². The van der Waals surface area contributed by atoms with E-state index < -0.39 is 0 Å². The molecule has 1 aliphatic carbocycles. The van der Waals surface area contributed by atoms with Gasteiger partial charge >= 0.3 is 0 Å². The first-order chi connectivity index (χ1) is 15.7. The van der Waals surface area contributed by atoms with Gasteiger partial charge in [0, 0.05) is 37.3 Å². The third-order valence-electron chi connectivity index (χ3n) is 6.03. The molecule has 5 rings (SSSR count). The lowest BCUT2D eigenvalue weighted by Gasteiger charge is -2.29. The normalized spacial score (nSPS) is 18.9. The molecule has 0 aliphatic heterocycles. The largest absolute Gasteiger partial charge is 0.479 e. The molecule has 1 fully saturated rings. The molecule has 4 aromatic heterocycles. The second kappa shape index (κ2) is 9.13. The average molecular weight is 437 g/mol. The lowest BCUT2D eigenvalue weighted by atomic mass is 9.93. The molecule has 0 saturated heterocycles. The lowest BCUT2D eigenvalue weighted by Crippen LogP contribution is -2.31. The minimum Gasteiger partial charge on any atom is -0.479 e. The summed E-state index contributed by atoms with van der Waals surface area (Å²) in [4.78, 5) is 4.67. The highest BCUT2D eigenvalue weighted by Crippen LogP contribution is 2.32. The highest BCUT2D eigenvalue weighted by molar-refractivity contribution is 5.85. The Bertz CT molecular complexity index is 1200. The summed E-state index contributed by atoms with van der Waals surface area (Å²) in [6, 6.07) is 8.48. The van der Waals surface area contributed by atoms with Crippen LogP contribution in [0, 0.1) is 0 Å². The van der Waals surface area contributed by atoms with Gasteiger partial charge in [0.2, 0.25) is 11.8 Å². The van der Waals surface area contributed by atoms with E-state index in [1.165, 1.54) is 0 Å². The van der Waals surface area contributed by atoms with Gasteiger partial charge in [0.25, 0.3) is 0 Å². The molecular weight excluding hydrogens is 408 g/mol. The number of rotatable bonds is 8. The number of ether oxygens (including phenoxy) is 3. The fourth-order valence-electron chi connectivity index (χ4n) is 4.37. The Kier molecular flexibility index (Phi) is 5.91. The third kappa shape index (κ3) is 4.13. The number of fused-ring (bicyclic) bond motifs is 2. The number of methoxy groups -OCH3 is 2. The Balaban J connectivity index is 1.34. The Morgan fingerprint density at radius 1 is 1.03 bits per heavy atom. The van der Waals surface area contributed by atoms with Gasteiger partial charge in [0.15, 0.2) is 0 Å². The molecule has 0 radical (unpaired) electrons. The molecule has 9 nitrogen and oxygen atoms in total. The number of anilines is 1. The minimum atomic E-state index is 0.307. The SMILES string of the molecule is COCCO[C@H]1CC[C@H](Nc2nc(OC)c3c(-c4ccn5nccc5c4)ccn3n2)CC1. The quantitative estimate of drug-likeness (QED) is 0.423. The zero-order valence-electron chi connectivity index (χ0n) is 18.4. The van der Waals surface area contributed by atoms with Crippen LogP contribution in [0.15, 0.2) is 42.9 Å². The number of nitrogens with one attached hydrogen (secondary N) is 1. The monoisotopic (exact) mass is 436 g/mol. The predicted molar refractivity (Wildman–Crippen MR) is 121 cm³/mol. The van der Waals surface area contributed by atoms with Gasteiger partial charge < -0.3 is 19.5 Å². The van der Waals surface area contributed by atoms with Crippen LogP contribution in [-0.4, -0.2) is 63.8 Å². The molecule has 1 saturated carbocycles. The molecule has 32 heavy (non-hydrogen) atoms. The fraction of sp³-hybridized carbons (Fsp3) is 0.435. The zero-order valence-corrected chi connectivity index (χ0v) is 18.4. The summed E-state index contributed by atoms with van der Waals surface area (Å²) in [6.07, 6.45) is 10.1. The Hall–Kier alpha value is -3.17. The summed E-state index contributed by atoms with van der Waals surface area (Å²) in [5, 5.41) is 12.5. The van der Waals surface area contributed by atoms with Crippen molar-refractivity contribution in [2.45, 2.75) is 37.8 Å². The highest BCUT2D eigenvalue weighted by Gasteiger charge is 2.23. The molecule has 168 valence electrons. The van der Waals surface area contributed by atoms with Crippen LogP contribution in [0.1, 0.15) is 25.7 Å². The van der Waals surface area contributed by atoms with E-state index in [9.17, 15) is 0 Å². The van der Waals surface area contributed by atoms with E-state index in [4.69, 9.17) is 19.3 Å². The van der Waals surface area contributed by atoms with Crippen molar-refractivity contribution in [3.8, 4) is 17.0 Å². The predicted octanol–water partition coefficient (Wildman–Crippen LogP) is 3.44. The first-order valence-electron chi connectivity index (χ1n) is 11.0. The topological polar surface area (TPSA) is 87.2 Å². The molecule has 9 heteroatoms. The van der Waals surface area contributed by atoms with Gasteiger partial charge in [-0.05, 0) is 55.5 Å². The molecule has 0 amide bonds. The van der Waals surface area contributed by atoms with Crippen LogP contribution in [0.4, 0.5) is 5.95 Å². The molecule has 1 aliphatic rings. The summed E-state index contributed by atoms with van der Waals surface area (Å²) in [7, 11) is 3.34. The van der Waals surface area contributed by atoms with Gasteiger partial charge in [0.1, 0.15) is 5.52 Å². The maximum absolute atomic E-state index is 5.87. The molecule has 0 unspecified atom stereocenters. The van der Waals surface area contributed by atoms with Crippen molar-refractivity contribution in [1.82, 2.24) is 24.2 Å². The van der Waals surface area contributed by atoms with Gasteiger partial charge in [0.05, 0.1) is 31.9 Å². The van der Waals surface area contributed by atoms with Crippen molar-refractivity contribution in [3.63, 3.8) is 0 Å². The van der Waals surface area contributed by atoms with Crippen molar-refractivity contribution >= 4 is 17.0 Å². The van der Waals surface area contributed by atoms with Gasteiger partial charge in [-0.1, -0.05) is 0 Å². The standard InChI is InChI=1S/C23H28N6O3/c1-30-13-14-32-19-5-3-17(4-6-19)25-23-26-22(31-2)21-20(9-12-29(21)27-23)16-8-11-28-18(15-16)7-10-24-28/h7-12,15,17,19H,3-6,13-14H2,1-2H3,(H,25,27)/t17-,19-. The van der Waals surface area contributed by atoms with E-state index in [0.717, 1.165) is 47.8 Å². The van der Waals surface area contributed by atoms with E-state index in [1.54, 1.807) is 20.4 Å². The van der Waals surface area contributed by atoms with Gasteiger partial charge in [-0.3, -0.25) is 0 Å². The van der Waals surface area contributed by atoms with Crippen molar-refractivity contribution in [1.29, 1.82) is 0 Å². The Labute approximate surface area is 186 Å². The zero-order chi connectivity index (χ0) is 21.9. The Morgan fingerprint density at radius 2 is 1.88 bits per heavy atom. The first-order valence-corrected chi connectivity index (χ1v) is 11.0. The first kappa shape index (κ1) is 20.7. The van der Waals surface area contributed by atoms with Gasteiger partial charge in [-0.25, -0.2) is 9.03 Å². The summed E-state index contributed by atoms with van der Waals surface area (Å²) < 4.78 is 20.3. The maximum atomic E-state index is 5.87. The van der Waals surface area contributed by atoms with Gasteiger partial charge in [-0.2, -0.15) is 10.1 Å². The van der Waals surface area contributed by atoms with Crippen LogP contribution < -0.4 is 10.1 Å². The number of hydrogen-bond donors (Lipinski definition) is 1. The van der Waals surface area contributed by atoms with E-state index in [0.29, 0.717) is 37.2 Å². The smallest absolute Gasteiger partial charge is 0.244 e. The fourth-order valence-corrected chi connectivity index (χ4v) is 4.37.